The fraction of sp³-hybridized carbons (Fsp3) is 0.214. The summed E-state index contributed by atoms with van der Waals surface area (Å²) in [7, 11) is 2.02. The Morgan fingerprint density at radius 2 is 2.11 bits per heavy atom. The fourth-order valence-corrected chi connectivity index (χ4v) is 2.30. The number of nitrogens with zero attached hydrogens (tertiary/aromatic N) is 3. The van der Waals surface area contributed by atoms with Crippen molar-refractivity contribution in [2.45, 2.75) is 13.0 Å². The van der Waals surface area contributed by atoms with E-state index < -0.39 is 0 Å². The van der Waals surface area contributed by atoms with E-state index in [2.05, 4.69) is 32.4 Å². The molecule has 18 heavy (non-hydrogen) atoms. The number of rotatable bonds is 3. The molecular weight excluding hydrogens is 224 g/mol. The number of aryl methyl sites for hydroxylation is 3. The van der Waals surface area contributed by atoms with E-state index in [9.17, 15) is 0 Å². The standard InChI is InChI=1S/C14H16N4/c1-17-10-7-16-14(17)6-9-18-8-5-11-12(15)3-2-4-13(11)18/h2-5,7-8,10H,6,9,15H2,1H3. The number of hydrogen-bond acceptors (Lipinski definition) is 2. The number of fused-ring (bicyclic) bond motifs is 1. The second kappa shape index (κ2) is 4.22. The summed E-state index contributed by atoms with van der Waals surface area (Å²) < 4.78 is 4.28. The van der Waals surface area contributed by atoms with Gasteiger partial charge in [0.25, 0.3) is 0 Å². The van der Waals surface area contributed by atoms with Crippen molar-refractivity contribution in [1.29, 1.82) is 0 Å². The molecule has 4 heteroatoms. The molecule has 0 radical (unpaired) electrons. The van der Waals surface area contributed by atoms with Gasteiger partial charge in [0.1, 0.15) is 5.82 Å². The van der Waals surface area contributed by atoms with E-state index >= 15 is 0 Å². The SMILES string of the molecule is Cn1ccnc1CCn1ccc2c(N)cccc21. The van der Waals surface area contributed by atoms with Gasteiger partial charge < -0.3 is 14.9 Å². The molecule has 0 fully saturated rings. The van der Waals surface area contributed by atoms with Crippen LogP contribution < -0.4 is 5.73 Å². The van der Waals surface area contributed by atoms with Gasteiger partial charge in [-0.2, -0.15) is 0 Å². The molecule has 4 nitrogen and oxygen atoms in total. The zero-order chi connectivity index (χ0) is 12.5. The van der Waals surface area contributed by atoms with Crippen molar-refractivity contribution in [1.82, 2.24) is 14.1 Å². The van der Waals surface area contributed by atoms with Crippen LogP contribution in [0.4, 0.5) is 5.69 Å². The zero-order valence-corrected chi connectivity index (χ0v) is 10.4. The lowest BCUT2D eigenvalue weighted by atomic mass is 10.2. The lowest BCUT2D eigenvalue weighted by Gasteiger charge is -2.06. The quantitative estimate of drug-likeness (QED) is 0.713. The topological polar surface area (TPSA) is 48.8 Å². The second-order valence-corrected chi connectivity index (χ2v) is 4.49. The molecule has 1 aromatic carbocycles. The zero-order valence-electron chi connectivity index (χ0n) is 10.4. The van der Waals surface area contributed by atoms with Crippen LogP contribution in [0.25, 0.3) is 10.9 Å². The maximum Gasteiger partial charge on any atom is 0.110 e. The van der Waals surface area contributed by atoms with Crippen LogP contribution in [0.15, 0.2) is 42.9 Å². The monoisotopic (exact) mass is 240 g/mol. The maximum atomic E-state index is 5.95. The summed E-state index contributed by atoms with van der Waals surface area (Å²) in [6.07, 6.45) is 6.81. The molecule has 0 spiro atoms. The molecule has 0 saturated carbocycles. The summed E-state index contributed by atoms with van der Waals surface area (Å²) in [6.45, 7) is 0.914. The van der Waals surface area contributed by atoms with Crippen LogP contribution in [0.1, 0.15) is 5.82 Å². The van der Waals surface area contributed by atoms with E-state index in [0.717, 1.165) is 29.9 Å². The summed E-state index contributed by atoms with van der Waals surface area (Å²) in [5, 5.41) is 1.12. The first-order chi connectivity index (χ1) is 8.75. The first-order valence-electron chi connectivity index (χ1n) is 6.05. The predicted octanol–water partition coefficient (Wildman–Crippen LogP) is 2.20. The van der Waals surface area contributed by atoms with Crippen LogP contribution >= 0.6 is 0 Å². The number of benzene rings is 1. The van der Waals surface area contributed by atoms with Crippen molar-refractivity contribution in [2.24, 2.45) is 7.05 Å². The average molecular weight is 240 g/mol. The highest BCUT2D eigenvalue weighted by atomic mass is 15.0. The van der Waals surface area contributed by atoms with Gasteiger partial charge in [-0.25, -0.2) is 4.98 Å². The van der Waals surface area contributed by atoms with Crippen molar-refractivity contribution < 1.29 is 0 Å². The summed E-state index contributed by atoms with van der Waals surface area (Å²) in [5.41, 5.74) is 7.98. The highest BCUT2D eigenvalue weighted by Gasteiger charge is 2.05. The van der Waals surface area contributed by atoms with Crippen LogP contribution in [-0.2, 0) is 20.0 Å². The summed E-state index contributed by atoms with van der Waals surface area (Å²) in [6, 6.07) is 8.10. The minimum absolute atomic E-state index is 0.836. The van der Waals surface area contributed by atoms with Gasteiger partial charge in [-0.1, -0.05) is 6.07 Å². The van der Waals surface area contributed by atoms with E-state index in [1.165, 1.54) is 5.52 Å². The van der Waals surface area contributed by atoms with Gasteiger partial charge in [-0.05, 0) is 18.2 Å². The van der Waals surface area contributed by atoms with Crippen molar-refractivity contribution in [3.05, 3.63) is 48.7 Å². The lowest BCUT2D eigenvalue weighted by Crippen LogP contribution is -2.04. The maximum absolute atomic E-state index is 5.95. The molecule has 3 rings (SSSR count). The van der Waals surface area contributed by atoms with Gasteiger partial charge in [0, 0.05) is 49.7 Å². The Kier molecular flexibility index (Phi) is 2.55. The average Bonchev–Trinajstić information content (AvgIpc) is 2.94. The molecule has 2 aromatic heterocycles. The van der Waals surface area contributed by atoms with Gasteiger partial charge >= 0.3 is 0 Å². The molecule has 0 aliphatic carbocycles. The van der Waals surface area contributed by atoms with Crippen LogP contribution in [0.5, 0.6) is 0 Å². The van der Waals surface area contributed by atoms with E-state index in [1.807, 2.05) is 31.6 Å². The van der Waals surface area contributed by atoms with Gasteiger partial charge in [0.2, 0.25) is 0 Å². The third kappa shape index (κ3) is 1.76. The van der Waals surface area contributed by atoms with Gasteiger partial charge in [-0.15, -0.1) is 0 Å². The minimum atomic E-state index is 0.836. The largest absolute Gasteiger partial charge is 0.398 e. The number of aromatic nitrogens is 3. The van der Waals surface area contributed by atoms with Crippen LogP contribution in [0, 0.1) is 0 Å². The van der Waals surface area contributed by atoms with E-state index in [-0.39, 0.29) is 0 Å². The normalized spacial score (nSPS) is 11.2. The molecule has 2 N–H and O–H groups in total. The highest BCUT2D eigenvalue weighted by Crippen LogP contribution is 2.22. The van der Waals surface area contributed by atoms with Gasteiger partial charge in [0.05, 0.1) is 5.52 Å². The Morgan fingerprint density at radius 1 is 1.22 bits per heavy atom. The Balaban J connectivity index is 1.87. The lowest BCUT2D eigenvalue weighted by molar-refractivity contribution is 0.668. The Bertz CT molecular complexity index is 678. The van der Waals surface area contributed by atoms with Crippen molar-refractivity contribution in [3.8, 4) is 0 Å². The van der Waals surface area contributed by atoms with Crippen LogP contribution in [0.2, 0.25) is 0 Å². The highest BCUT2D eigenvalue weighted by molar-refractivity contribution is 5.91. The van der Waals surface area contributed by atoms with E-state index in [1.54, 1.807) is 0 Å². The molecular formula is C14H16N4. The smallest absolute Gasteiger partial charge is 0.110 e. The first-order valence-corrected chi connectivity index (χ1v) is 6.05. The summed E-state index contributed by atoms with van der Waals surface area (Å²) in [4.78, 5) is 4.34. The molecule has 0 aliphatic heterocycles. The Labute approximate surface area is 106 Å². The molecule has 2 heterocycles. The molecule has 0 amide bonds. The molecule has 0 atom stereocenters. The Hall–Kier alpha value is -2.23. The third-order valence-electron chi connectivity index (χ3n) is 3.34. The number of hydrogen-bond donors (Lipinski definition) is 1. The number of nitrogen functional groups attached to an aromatic ring is 1. The number of imidazole rings is 1. The van der Waals surface area contributed by atoms with Gasteiger partial charge in [0.15, 0.2) is 0 Å². The van der Waals surface area contributed by atoms with Crippen LogP contribution in [-0.4, -0.2) is 14.1 Å². The van der Waals surface area contributed by atoms with Crippen molar-refractivity contribution >= 4 is 16.6 Å². The number of nitrogens with two attached hydrogens (primary N) is 1. The molecule has 0 aliphatic rings. The molecule has 0 saturated heterocycles. The van der Waals surface area contributed by atoms with E-state index in [4.69, 9.17) is 5.73 Å². The predicted molar refractivity (Wildman–Crippen MR) is 73.3 cm³/mol. The third-order valence-corrected chi connectivity index (χ3v) is 3.34. The second-order valence-electron chi connectivity index (χ2n) is 4.49. The summed E-state index contributed by atoms with van der Waals surface area (Å²) >= 11 is 0. The van der Waals surface area contributed by atoms with Gasteiger partial charge in [-0.3, -0.25) is 0 Å². The molecule has 0 bridgehead atoms. The van der Waals surface area contributed by atoms with Crippen LogP contribution in [0.3, 0.4) is 0 Å². The summed E-state index contributed by atoms with van der Waals surface area (Å²) in [5.74, 6) is 1.10. The Morgan fingerprint density at radius 3 is 2.89 bits per heavy atom. The molecule has 0 unspecified atom stereocenters. The van der Waals surface area contributed by atoms with E-state index in [0.29, 0.717) is 0 Å². The minimum Gasteiger partial charge on any atom is -0.398 e. The van der Waals surface area contributed by atoms with Crippen molar-refractivity contribution in [2.75, 3.05) is 5.73 Å². The molecule has 3 aromatic rings. The number of anilines is 1. The van der Waals surface area contributed by atoms with Crippen molar-refractivity contribution in [3.63, 3.8) is 0 Å². The molecule has 92 valence electrons. The fourth-order valence-electron chi connectivity index (χ4n) is 2.30. The first kappa shape index (κ1) is 10.9.